The molecule has 0 aliphatic carbocycles. The summed E-state index contributed by atoms with van der Waals surface area (Å²) in [4.78, 5) is 12.5. The molecular weight excluding hydrogens is 340 g/mol. The van der Waals surface area contributed by atoms with Crippen LogP contribution in [-0.4, -0.2) is 27.5 Å². The van der Waals surface area contributed by atoms with Gasteiger partial charge in [-0.2, -0.15) is 0 Å². The van der Waals surface area contributed by atoms with Crippen molar-refractivity contribution in [3.63, 3.8) is 0 Å². The van der Waals surface area contributed by atoms with Gasteiger partial charge in [0.25, 0.3) is 5.91 Å². The van der Waals surface area contributed by atoms with Crippen LogP contribution in [-0.2, 0) is 11.3 Å². The molecule has 1 N–H and O–H groups in total. The number of para-hydroxylation sites is 2. The quantitative estimate of drug-likeness (QED) is 0.731. The molecule has 0 saturated carbocycles. The molecule has 0 bridgehead atoms. The highest BCUT2D eigenvalue weighted by Gasteiger charge is 2.14. The lowest BCUT2D eigenvalue weighted by Gasteiger charge is -2.09. The highest BCUT2D eigenvalue weighted by atomic mass is 35.5. The number of amides is 1. The van der Waals surface area contributed by atoms with Gasteiger partial charge in [0.15, 0.2) is 5.69 Å². The zero-order valence-electron chi connectivity index (χ0n) is 13.6. The largest absolute Gasteiger partial charge is 0.377 e. The van der Waals surface area contributed by atoms with Crippen LogP contribution in [0.5, 0.6) is 0 Å². The van der Waals surface area contributed by atoms with E-state index in [4.69, 9.17) is 16.3 Å². The minimum atomic E-state index is -0.345. The zero-order valence-corrected chi connectivity index (χ0v) is 14.4. The lowest BCUT2D eigenvalue weighted by atomic mass is 10.2. The summed E-state index contributed by atoms with van der Waals surface area (Å²) >= 11 is 6.14. The summed E-state index contributed by atoms with van der Waals surface area (Å²) in [5.74, 6) is -0.345. The highest BCUT2D eigenvalue weighted by molar-refractivity contribution is 6.32. The number of nitrogens with zero attached hydrogens (tertiary/aromatic N) is 3. The normalized spacial score (nSPS) is 10.6. The van der Waals surface area contributed by atoms with Crippen molar-refractivity contribution in [2.45, 2.75) is 13.5 Å². The number of aromatic nitrogens is 3. The van der Waals surface area contributed by atoms with Crippen molar-refractivity contribution >= 4 is 23.2 Å². The smallest absolute Gasteiger partial charge is 0.277 e. The van der Waals surface area contributed by atoms with Crippen LogP contribution < -0.4 is 5.32 Å². The van der Waals surface area contributed by atoms with E-state index in [-0.39, 0.29) is 11.6 Å². The van der Waals surface area contributed by atoms with E-state index in [1.54, 1.807) is 18.3 Å². The van der Waals surface area contributed by atoms with Crippen LogP contribution in [0.15, 0.2) is 54.7 Å². The molecule has 1 heterocycles. The van der Waals surface area contributed by atoms with Gasteiger partial charge in [0.1, 0.15) is 0 Å². The fourth-order valence-corrected chi connectivity index (χ4v) is 2.51. The van der Waals surface area contributed by atoms with E-state index in [1.807, 2.05) is 43.3 Å². The predicted octanol–water partition coefficient (Wildman–Crippen LogP) is 3.71. The summed E-state index contributed by atoms with van der Waals surface area (Å²) in [5.41, 5.74) is 2.45. The Kier molecular flexibility index (Phi) is 5.42. The van der Waals surface area contributed by atoms with Crippen LogP contribution in [0.3, 0.4) is 0 Å². The molecule has 7 heteroatoms. The van der Waals surface area contributed by atoms with Crippen molar-refractivity contribution in [1.82, 2.24) is 15.0 Å². The Balaban J connectivity index is 1.78. The van der Waals surface area contributed by atoms with Crippen LogP contribution in [0.25, 0.3) is 5.69 Å². The van der Waals surface area contributed by atoms with Gasteiger partial charge < -0.3 is 10.1 Å². The number of nitrogens with one attached hydrogen (secondary N) is 1. The van der Waals surface area contributed by atoms with E-state index in [9.17, 15) is 4.79 Å². The summed E-state index contributed by atoms with van der Waals surface area (Å²) < 4.78 is 6.90. The summed E-state index contributed by atoms with van der Waals surface area (Å²) in [6.07, 6.45) is 1.54. The van der Waals surface area contributed by atoms with Gasteiger partial charge in [0.05, 0.1) is 23.5 Å². The molecule has 25 heavy (non-hydrogen) atoms. The first kappa shape index (κ1) is 17.1. The van der Waals surface area contributed by atoms with Gasteiger partial charge in [-0.3, -0.25) is 4.79 Å². The number of ether oxygens (including phenoxy) is 1. The molecule has 128 valence electrons. The third-order valence-electron chi connectivity index (χ3n) is 3.55. The Hall–Kier alpha value is -2.70. The topological polar surface area (TPSA) is 69.0 Å². The minimum Gasteiger partial charge on any atom is -0.377 e. The number of anilines is 1. The van der Waals surface area contributed by atoms with Gasteiger partial charge >= 0.3 is 0 Å². The minimum absolute atomic E-state index is 0.200. The molecule has 6 nitrogen and oxygen atoms in total. The summed E-state index contributed by atoms with van der Waals surface area (Å²) in [6.45, 7) is 2.96. The van der Waals surface area contributed by atoms with Gasteiger partial charge in [-0.05, 0) is 25.1 Å². The van der Waals surface area contributed by atoms with Crippen LogP contribution >= 0.6 is 11.6 Å². The van der Waals surface area contributed by atoms with E-state index in [2.05, 4.69) is 15.6 Å². The first-order valence-corrected chi connectivity index (χ1v) is 8.21. The Morgan fingerprint density at radius 3 is 2.76 bits per heavy atom. The van der Waals surface area contributed by atoms with Crippen LogP contribution in [0.1, 0.15) is 23.0 Å². The number of hydrogen-bond donors (Lipinski definition) is 1. The number of carbonyl (C=O) groups excluding carboxylic acids is 1. The number of hydrogen-bond acceptors (Lipinski definition) is 4. The van der Waals surface area contributed by atoms with E-state index >= 15 is 0 Å². The zero-order chi connectivity index (χ0) is 17.6. The second-order valence-corrected chi connectivity index (χ2v) is 5.66. The maximum atomic E-state index is 12.5. The molecule has 0 spiro atoms. The number of benzene rings is 2. The maximum Gasteiger partial charge on any atom is 0.277 e. The van der Waals surface area contributed by atoms with Crippen molar-refractivity contribution in [3.8, 4) is 5.69 Å². The monoisotopic (exact) mass is 356 g/mol. The molecule has 0 unspecified atom stereocenters. The Labute approximate surface area is 150 Å². The first-order chi connectivity index (χ1) is 12.2. The summed E-state index contributed by atoms with van der Waals surface area (Å²) in [7, 11) is 0. The van der Waals surface area contributed by atoms with Crippen LogP contribution in [0.2, 0.25) is 5.02 Å². The fourth-order valence-electron chi connectivity index (χ4n) is 2.29. The van der Waals surface area contributed by atoms with Crippen LogP contribution in [0.4, 0.5) is 5.69 Å². The lowest BCUT2D eigenvalue weighted by molar-refractivity contribution is 0.102. The van der Waals surface area contributed by atoms with E-state index < -0.39 is 0 Å². The molecule has 0 saturated heterocycles. The van der Waals surface area contributed by atoms with Crippen molar-refractivity contribution in [3.05, 3.63) is 71.0 Å². The maximum absolute atomic E-state index is 12.5. The van der Waals surface area contributed by atoms with E-state index in [0.29, 0.717) is 29.6 Å². The second kappa shape index (κ2) is 7.92. The SMILES string of the molecule is CCOCc1ccccc1NC(=O)c1cn(-c2ccccc2Cl)nn1. The molecule has 0 aliphatic heterocycles. The summed E-state index contributed by atoms with van der Waals surface area (Å²) in [5, 5.41) is 11.3. The van der Waals surface area contributed by atoms with Gasteiger partial charge in [-0.25, -0.2) is 4.68 Å². The van der Waals surface area contributed by atoms with Crippen molar-refractivity contribution in [2.24, 2.45) is 0 Å². The number of carbonyl (C=O) groups is 1. The average Bonchev–Trinajstić information content (AvgIpc) is 3.11. The summed E-state index contributed by atoms with van der Waals surface area (Å²) in [6, 6.07) is 14.7. The number of halogens is 1. The van der Waals surface area contributed by atoms with E-state index in [0.717, 1.165) is 5.56 Å². The van der Waals surface area contributed by atoms with Crippen molar-refractivity contribution in [1.29, 1.82) is 0 Å². The third-order valence-corrected chi connectivity index (χ3v) is 3.87. The Morgan fingerprint density at radius 2 is 1.96 bits per heavy atom. The van der Waals surface area contributed by atoms with Gasteiger partial charge in [0, 0.05) is 17.9 Å². The molecule has 2 aromatic carbocycles. The standard InChI is InChI=1S/C18H17ClN4O2/c1-2-25-12-13-7-3-5-9-15(13)20-18(24)16-11-23(22-21-16)17-10-6-4-8-14(17)19/h3-11H,2,12H2,1H3,(H,20,24). The first-order valence-electron chi connectivity index (χ1n) is 7.83. The van der Waals surface area contributed by atoms with Gasteiger partial charge in [0.2, 0.25) is 0 Å². The molecule has 0 aliphatic rings. The molecule has 3 aromatic rings. The third kappa shape index (κ3) is 4.04. The molecule has 0 fully saturated rings. The number of rotatable bonds is 6. The molecule has 1 aromatic heterocycles. The molecule has 0 atom stereocenters. The molecular formula is C18H17ClN4O2. The average molecular weight is 357 g/mol. The lowest BCUT2D eigenvalue weighted by Crippen LogP contribution is -2.14. The molecule has 1 amide bonds. The highest BCUT2D eigenvalue weighted by Crippen LogP contribution is 2.20. The van der Waals surface area contributed by atoms with Crippen molar-refractivity contribution in [2.75, 3.05) is 11.9 Å². The predicted molar refractivity (Wildman–Crippen MR) is 96.1 cm³/mol. The van der Waals surface area contributed by atoms with Crippen molar-refractivity contribution < 1.29 is 9.53 Å². The fraction of sp³-hybridized carbons (Fsp3) is 0.167. The Bertz CT molecular complexity index is 879. The second-order valence-electron chi connectivity index (χ2n) is 5.25. The molecule has 0 radical (unpaired) electrons. The van der Waals surface area contributed by atoms with Crippen LogP contribution in [0, 0.1) is 0 Å². The van der Waals surface area contributed by atoms with E-state index in [1.165, 1.54) is 4.68 Å². The Morgan fingerprint density at radius 1 is 1.20 bits per heavy atom. The van der Waals surface area contributed by atoms with Gasteiger partial charge in [-0.1, -0.05) is 47.1 Å². The molecule has 3 rings (SSSR count). The van der Waals surface area contributed by atoms with Gasteiger partial charge in [-0.15, -0.1) is 5.10 Å².